The standard InChI is InChI=1S/C21H36N2O5/c1-14(2)7-8-16-20(3,28-16)18-17(25-6)15(9-10-21(18)13-26-21)27-19(24)23(5)12-11-22-4/h7,15-18,22H,8-13H2,1-6H3/t15?,16-,17?,18?,20-,21+/m1/s1. The zero-order valence-electron chi connectivity index (χ0n) is 18.1. The molecule has 0 aromatic heterocycles. The Balaban J connectivity index is 1.70. The molecule has 1 amide bonds. The minimum absolute atomic E-state index is 0.0507. The van der Waals surface area contributed by atoms with Crippen LogP contribution in [-0.2, 0) is 18.9 Å². The van der Waals surface area contributed by atoms with Crippen LogP contribution in [0.15, 0.2) is 11.6 Å². The molecule has 3 aliphatic rings. The van der Waals surface area contributed by atoms with Crippen LogP contribution in [0.2, 0.25) is 0 Å². The molecule has 0 aromatic carbocycles. The maximum atomic E-state index is 12.5. The molecule has 3 fully saturated rings. The van der Waals surface area contributed by atoms with E-state index in [1.807, 2.05) is 7.05 Å². The van der Waals surface area contributed by atoms with E-state index in [4.69, 9.17) is 18.9 Å². The fourth-order valence-electron chi connectivity index (χ4n) is 4.66. The van der Waals surface area contributed by atoms with Gasteiger partial charge in [-0.05, 0) is 47.1 Å². The van der Waals surface area contributed by atoms with E-state index in [0.29, 0.717) is 6.54 Å². The van der Waals surface area contributed by atoms with Gasteiger partial charge in [0.2, 0.25) is 0 Å². The number of epoxide rings is 2. The van der Waals surface area contributed by atoms with Gasteiger partial charge in [0.25, 0.3) is 0 Å². The summed E-state index contributed by atoms with van der Waals surface area (Å²) in [5, 5.41) is 3.04. The number of carbonyl (C=O) groups is 1. The van der Waals surface area contributed by atoms with E-state index in [-0.39, 0.29) is 41.5 Å². The Hall–Kier alpha value is -1.15. The number of nitrogens with zero attached hydrogens (tertiary/aromatic N) is 1. The van der Waals surface area contributed by atoms with Crippen LogP contribution in [0.25, 0.3) is 0 Å². The number of hydrogen-bond donors (Lipinski definition) is 1. The molecule has 1 aliphatic carbocycles. The first kappa shape index (κ1) is 21.6. The van der Waals surface area contributed by atoms with Gasteiger partial charge in [-0.2, -0.15) is 0 Å². The van der Waals surface area contributed by atoms with Crippen LogP contribution in [0.4, 0.5) is 4.79 Å². The highest BCUT2D eigenvalue weighted by Gasteiger charge is 2.72. The molecule has 3 unspecified atom stereocenters. The Morgan fingerprint density at radius 2 is 2.11 bits per heavy atom. The van der Waals surface area contributed by atoms with Gasteiger partial charge in [0, 0.05) is 27.2 Å². The molecule has 2 aliphatic heterocycles. The number of nitrogens with one attached hydrogen (secondary N) is 1. The van der Waals surface area contributed by atoms with Gasteiger partial charge in [-0.25, -0.2) is 4.79 Å². The van der Waals surface area contributed by atoms with Gasteiger partial charge in [0.15, 0.2) is 0 Å². The van der Waals surface area contributed by atoms with Crippen molar-refractivity contribution in [1.82, 2.24) is 10.2 Å². The lowest BCUT2D eigenvalue weighted by atomic mass is 9.68. The van der Waals surface area contributed by atoms with Crippen molar-refractivity contribution in [1.29, 1.82) is 0 Å². The maximum absolute atomic E-state index is 12.5. The summed E-state index contributed by atoms with van der Waals surface area (Å²) in [5.41, 5.74) is 0.779. The summed E-state index contributed by atoms with van der Waals surface area (Å²) in [7, 11) is 5.32. The molecular weight excluding hydrogens is 360 g/mol. The van der Waals surface area contributed by atoms with Gasteiger partial charge in [0.05, 0.1) is 18.6 Å². The largest absolute Gasteiger partial charge is 0.443 e. The van der Waals surface area contributed by atoms with E-state index in [0.717, 1.165) is 32.4 Å². The molecule has 7 heteroatoms. The van der Waals surface area contributed by atoms with Crippen molar-refractivity contribution in [2.24, 2.45) is 5.92 Å². The normalized spacial score (nSPS) is 38.8. The second-order valence-electron chi connectivity index (χ2n) is 8.82. The van der Waals surface area contributed by atoms with Gasteiger partial charge in [-0.1, -0.05) is 11.6 Å². The second kappa shape index (κ2) is 8.30. The van der Waals surface area contributed by atoms with Gasteiger partial charge < -0.3 is 29.2 Å². The fraction of sp³-hybridized carbons (Fsp3) is 0.857. The van der Waals surface area contributed by atoms with Crippen LogP contribution in [0.1, 0.15) is 40.0 Å². The molecule has 0 aromatic rings. The van der Waals surface area contributed by atoms with Crippen molar-refractivity contribution < 1.29 is 23.7 Å². The van der Waals surface area contributed by atoms with Crippen molar-refractivity contribution in [3.63, 3.8) is 0 Å². The first-order chi connectivity index (χ1) is 13.3. The molecule has 6 atom stereocenters. The van der Waals surface area contributed by atoms with Crippen LogP contribution in [0, 0.1) is 5.92 Å². The van der Waals surface area contributed by atoms with Crippen molar-refractivity contribution in [3.8, 4) is 0 Å². The average Bonchev–Trinajstić information content (AvgIpc) is 3.57. The second-order valence-corrected chi connectivity index (χ2v) is 8.82. The maximum Gasteiger partial charge on any atom is 0.409 e. The number of ether oxygens (including phenoxy) is 4. The fourth-order valence-corrected chi connectivity index (χ4v) is 4.66. The first-order valence-electron chi connectivity index (χ1n) is 10.3. The van der Waals surface area contributed by atoms with Crippen LogP contribution in [-0.4, -0.2) is 81.4 Å². The Labute approximate surface area is 168 Å². The first-order valence-corrected chi connectivity index (χ1v) is 10.3. The number of hydrogen-bond acceptors (Lipinski definition) is 6. The number of amides is 1. The van der Waals surface area contributed by atoms with Crippen molar-refractivity contribution >= 4 is 6.09 Å². The lowest BCUT2D eigenvalue weighted by Gasteiger charge is -2.43. The lowest BCUT2D eigenvalue weighted by molar-refractivity contribution is -0.121. The van der Waals surface area contributed by atoms with E-state index < -0.39 is 0 Å². The van der Waals surface area contributed by atoms with Crippen LogP contribution in [0.3, 0.4) is 0 Å². The third-order valence-electron chi connectivity index (χ3n) is 6.50. The van der Waals surface area contributed by atoms with Crippen molar-refractivity contribution in [2.45, 2.75) is 69.5 Å². The molecule has 160 valence electrons. The number of allylic oxidation sites excluding steroid dienone is 1. The minimum Gasteiger partial charge on any atom is -0.443 e. The van der Waals surface area contributed by atoms with E-state index >= 15 is 0 Å². The Morgan fingerprint density at radius 1 is 1.39 bits per heavy atom. The van der Waals surface area contributed by atoms with Gasteiger partial charge in [-0.15, -0.1) is 0 Å². The predicted molar refractivity (Wildman–Crippen MR) is 106 cm³/mol. The average molecular weight is 397 g/mol. The van der Waals surface area contributed by atoms with E-state index in [9.17, 15) is 4.79 Å². The highest BCUT2D eigenvalue weighted by molar-refractivity contribution is 5.67. The highest BCUT2D eigenvalue weighted by atomic mass is 16.6. The molecule has 0 bridgehead atoms. The monoisotopic (exact) mass is 396 g/mol. The molecule has 2 heterocycles. The number of rotatable bonds is 8. The van der Waals surface area contributed by atoms with E-state index in [2.05, 4.69) is 32.2 Å². The number of methoxy groups -OCH3 is 1. The van der Waals surface area contributed by atoms with E-state index in [1.54, 1.807) is 19.1 Å². The minimum atomic E-state index is -0.313. The van der Waals surface area contributed by atoms with Gasteiger partial charge in [0.1, 0.15) is 23.4 Å². The molecule has 7 nitrogen and oxygen atoms in total. The van der Waals surface area contributed by atoms with Gasteiger partial charge in [-0.3, -0.25) is 0 Å². The molecule has 3 rings (SSSR count). The third kappa shape index (κ3) is 4.22. The SMILES string of the molecule is CNCCN(C)C(=O)OC1CC[C@]2(CO2)C([C@]2(C)O[C@@H]2CC=C(C)C)C1OC. The van der Waals surface area contributed by atoms with Crippen LogP contribution < -0.4 is 5.32 Å². The number of carbonyl (C=O) groups excluding carboxylic acids is 1. The van der Waals surface area contributed by atoms with Gasteiger partial charge >= 0.3 is 6.09 Å². The lowest BCUT2D eigenvalue weighted by Crippen LogP contribution is -2.56. The predicted octanol–water partition coefficient (Wildman–Crippen LogP) is 2.35. The Morgan fingerprint density at radius 3 is 2.68 bits per heavy atom. The summed E-state index contributed by atoms with van der Waals surface area (Å²) in [6, 6.07) is 0. The van der Waals surface area contributed by atoms with Crippen LogP contribution in [0.5, 0.6) is 0 Å². The molecule has 1 spiro atoms. The topological polar surface area (TPSA) is 75.9 Å². The Bertz CT molecular complexity index is 602. The highest BCUT2D eigenvalue weighted by Crippen LogP contribution is 2.59. The van der Waals surface area contributed by atoms with Crippen molar-refractivity contribution in [3.05, 3.63) is 11.6 Å². The van der Waals surface area contributed by atoms with E-state index in [1.165, 1.54) is 5.57 Å². The molecule has 1 saturated carbocycles. The Kier molecular flexibility index (Phi) is 6.39. The van der Waals surface area contributed by atoms with Crippen LogP contribution >= 0.6 is 0 Å². The summed E-state index contributed by atoms with van der Waals surface area (Å²) in [5.74, 6) is 0.0507. The smallest absolute Gasteiger partial charge is 0.409 e. The summed E-state index contributed by atoms with van der Waals surface area (Å²) in [6.45, 7) is 8.41. The summed E-state index contributed by atoms with van der Waals surface area (Å²) in [6.07, 6.45) is 4.03. The zero-order valence-corrected chi connectivity index (χ0v) is 18.1. The zero-order chi connectivity index (χ0) is 20.5. The summed E-state index contributed by atoms with van der Waals surface area (Å²) in [4.78, 5) is 14.1. The molecule has 0 radical (unpaired) electrons. The molecule has 1 N–H and O–H groups in total. The summed E-state index contributed by atoms with van der Waals surface area (Å²) < 4.78 is 23.9. The molecule has 2 saturated heterocycles. The number of likely N-dealkylation sites (N-methyl/N-ethyl adjacent to an activating group) is 2. The summed E-state index contributed by atoms with van der Waals surface area (Å²) >= 11 is 0. The molecule has 28 heavy (non-hydrogen) atoms. The third-order valence-corrected chi connectivity index (χ3v) is 6.50. The van der Waals surface area contributed by atoms with Crippen molar-refractivity contribution in [2.75, 3.05) is 40.9 Å². The molecular formula is C21H36N2O5. The quantitative estimate of drug-likeness (QED) is 0.501.